The molecule has 7 nitrogen and oxygen atoms in total. The lowest BCUT2D eigenvalue weighted by Crippen LogP contribution is -2.23. The predicted molar refractivity (Wildman–Crippen MR) is 132 cm³/mol. The zero-order chi connectivity index (χ0) is 23.5. The molecule has 0 bridgehead atoms. The minimum absolute atomic E-state index is 0.00831. The maximum Gasteiger partial charge on any atom is 0.252 e. The predicted octanol–water partition coefficient (Wildman–Crippen LogP) is 4.92. The van der Waals surface area contributed by atoms with E-state index in [1.54, 1.807) is 16.0 Å². The van der Waals surface area contributed by atoms with Crippen LogP contribution in [0.15, 0.2) is 47.8 Å². The highest BCUT2D eigenvalue weighted by Gasteiger charge is 2.19. The molecule has 3 aromatic heterocycles. The Kier molecular flexibility index (Phi) is 6.55. The number of benzene rings is 1. The van der Waals surface area contributed by atoms with Crippen molar-refractivity contribution >= 4 is 39.9 Å². The lowest BCUT2D eigenvalue weighted by molar-refractivity contribution is -0.119. The van der Waals surface area contributed by atoms with Crippen LogP contribution in [0.3, 0.4) is 0 Å². The molecular weight excluding hydrogens is 434 g/mol. The van der Waals surface area contributed by atoms with E-state index in [0.717, 1.165) is 39.3 Å². The maximum atomic E-state index is 13.3. The molecule has 33 heavy (non-hydrogen) atoms. The van der Waals surface area contributed by atoms with Gasteiger partial charge in [-0.05, 0) is 48.6 Å². The van der Waals surface area contributed by atoms with Gasteiger partial charge in [0.1, 0.15) is 0 Å². The summed E-state index contributed by atoms with van der Waals surface area (Å²) in [6.45, 7) is 6.11. The molecule has 0 radical (unpaired) electrons. The highest BCUT2D eigenvalue weighted by atomic mass is 32.1. The van der Waals surface area contributed by atoms with Gasteiger partial charge in [0.25, 0.3) is 5.91 Å². The summed E-state index contributed by atoms with van der Waals surface area (Å²) in [6, 6.07) is 13.3. The molecule has 0 fully saturated rings. The van der Waals surface area contributed by atoms with E-state index in [9.17, 15) is 9.59 Å². The quantitative estimate of drug-likeness (QED) is 0.409. The van der Waals surface area contributed by atoms with Crippen LogP contribution in [0.5, 0.6) is 0 Å². The number of hydrogen-bond acceptors (Lipinski definition) is 5. The maximum absolute atomic E-state index is 13.3. The highest BCUT2D eigenvalue weighted by Crippen LogP contribution is 2.29. The molecule has 4 rings (SSSR count). The van der Waals surface area contributed by atoms with Crippen LogP contribution in [0.2, 0.25) is 0 Å². The van der Waals surface area contributed by atoms with Crippen LogP contribution >= 0.6 is 11.3 Å². The Morgan fingerprint density at radius 3 is 2.73 bits per heavy atom. The zero-order valence-electron chi connectivity index (χ0n) is 19.2. The molecule has 2 amide bonds. The number of pyridine rings is 1. The van der Waals surface area contributed by atoms with Crippen LogP contribution in [-0.4, -0.2) is 26.6 Å². The van der Waals surface area contributed by atoms with E-state index in [4.69, 9.17) is 4.98 Å². The Hall–Kier alpha value is -3.52. The van der Waals surface area contributed by atoms with Crippen LogP contribution in [0.4, 0.5) is 5.69 Å². The van der Waals surface area contributed by atoms with Gasteiger partial charge in [-0.25, -0.2) is 4.98 Å². The van der Waals surface area contributed by atoms with E-state index in [-0.39, 0.29) is 17.7 Å². The number of aromatic nitrogens is 3. The summed E-state index contributed by atoms with van der Waals surface area (Å²) in [7, 11) is 1.83. The van der Waals surface area contributed by atoms with Crippen LogP contribution < -0.4 is 10.6 Å². The van der Waals surface area contributed by atoms with Gasteiger partial charge in [-0.2, -0.15) is 5.10 Å². The fourth-order valence-corrected chi connectivity index (χ4v) is 4.35. The lowest BCUT2D eigenvalue weighted by Gasteiger charge is -2.12. The van der Waals surface area contributed by atoms with E-state index >= 15 is 0 Å². The number of nitrogens with one attached hydrogen (secondary N) is 2. The Bertz CT molecular complexity index is 1310. The van der Waals surface area contributed by atoms with Gasteiger partial charge in [0.05, 0.1) is 27.2 Å². The molecule has 1 unspecified atom stereocenters. The van der Waals surface area contributed by atoms with Crippen molar-refractivity contribution in [2.45, 2.75) is 33.7 Å². The molecular formula is C25H27N5O2S. The van der Waals surface area contributed by atoms with E-state index in [1.807, 2.05) is 75.7 Å². The number of nitrogens with zero attached hydrogens (tertiary/aromatic N) is 3. The van der Waals surface area contributed by atoms with Crippen molar-refractivity contribution in [3.63, 3.8) is 0 Å². The van der Waals surface area contributed by atoms with Crippen molar-refractivity contribution in [2.75, 3.05) is 5.32 Å². The van der Waals surface area contributed by atoms with Gasteiger partial charge in [0.15, 0.2) is 5.65 Å². The molecule has 170 valence electrons. The van der Waals surface area contributed by atoms with Crippen LogP contribution in [0.1, 0.15) is 41.9 Å². The number of fused-ring (bicyclic) bond motifs is 1. The first-order chi connectivity index (χ1) is 15.9. The van der Waals surface area contributed by atoms with Gasteiger partial charge < -0.3 is 10.6 Å². The fraction of sp³-hybridized carbons (Fsp3) is 0.280. The third-order valence-electron chi connectivity index (χ3n) is 5.69. The first kappa shape index (κ1) is 22.7. The number of aryl methyl sites for hydroxylation is 2. The van der Waals surface area contributed by atoms with Crippen LogP contribution in [0, 0.1) is 12.8 Å². The molecule has 8 heteroatoms. The number of anilines is 1. The Balaban J connectivity index is 1.58. The standard InChI is InChI=1S/C25H27N5O2S/c1-5-15(2)24(31)27-18-9-6-8-17(12-18)14-26-25(32)19-13-20(21-10-7-11-33-21)28-23-22(19)16(3)29-30(23)4/h6-13,15H,5,14H2,1-4H3,(H,26,32)(H,27,31). The largest absolute Gasteiger partial charge is 0.348 e. The zero-order valence-corrected chi connectivity index (χ0v) is 20.0. The first-order valence-corrected chi connectivity index (χ1v) is 11.8. The number of carbonyl (C=O) groups excluding carboxylic acids is 2. The first-order valence-electron chi connectivity index (χ1n) is 10.9. The van der Waals surface area contributed by atoms with Crippen molar-refractivity contribution < 1.29 is 9.59 Å². The molecule has 0 saturated carbocycles. The second-order valence-electron chi connectivity index (χ2n) is 8.12. The second-order valence-corrected chi connectivity index (χ2v) is 9.07. The molecule has 1 aromatic carbocycles. The summed E-state index contributed by atoms with van der Waals surface area (Å²) in [5.74, 6) is -0.251. The smallest absolute Gasteiger partial charge is 0.252 e. The van der Waals surface area contributed by atoms with E-state index in [0.29, 0.717) is 17.8 Å². The van der Waals surface area contributed by atoms with Gasteiger partial charge in [-0.15, -0.1) is 11.3 Å². The number of thiophene rings is 1. The summed E-state index contributed by atoms with van der Waals surface area (Å²) in [4.78, 5) is 31.2. The topological polar surface area (TPSA) is 88.9 Å². The van der Waals surface area contributed by atoms with Gasteiger partial charge in [-0.1, -0.05) is 32.0 Å². The Morgan fingerprint density at radius 2 is 2.00 bits per heavy atom. The third-order valence-corrected chi connectivity index (χ3v) is 6.59. The van der Waals surface area contributed by atoms with Crippen LogP contribution in [0.25, 0.3) is 21.6 Å². The second kappa shape index (κ2) is 9.54. The summed E-state index contributed by atoms with van der Waals surface area (Å²) < 4.78 is 1.71. The Labute approximate surface area is 196 Å². The number of amides is 2. The average molecular weight is 462 g/mol. The van der Waals surface area contributed by atoms with E-state index in [1.165, 1.54) is 0 Å². The number of carbonyl (C=O) groups is 2. The highest BCUT2D eigenvalue weighted by molar-refractivity contribution is 7.13. The Morgan fingerprint density at radius 1 is 1.18 bits per heavy atom. The van der Waals surface area contributed by atoms with Gasteiger partial charge >= 0.3 is 0 Å². The van der Waals surface area contributed by atoms with Crippen LogP contribution in [-0.2, 0) is 18.4 Å². The fourth-order valence-electron chi connectivity index (χ4n) is 3.66. The van der Waals surface area contributed by atoms with Gasteiger partial charge in [0.2, 0.25) is 5.91 Å². The van der Waals surface area contributed by atoms with E-state index < -0.39 is 0 Å². The molecule has 4 aromatic rings. The molecule has 0 aliphatic rings. The molecule has 1 atom stereocenters. The summed E-state index contributed by atoms with van der Waals surface area (Å²) in [5, 5.41) is 13.2. The SMILES string of the molecule is CCC(C)C(=O)Nc1cccc(CNC(=O)c2cc(-c3cccs3)nc3c2c(C)nn3C)c1. The summed E-state index contributed by atoms with van der Waals surface area (Å²) in [6.07, 6.45) is 0.781. The normalized spacial score (nSPS) is 12.0. The molecule has 0 saturated heterocycles. The molecule has 0 aliphatic carbocycles. The van der Waals surface area contributed by atoms with E-state index in [2.05, 4.69) is 15.7 Å². The third kappa shape index (κ3) is 4.80. The molecule has 0 aliphatic heterocycles. The number of rotatable bonds is 7. The minimum atomic E-state index is -0.189. The van der Waals surface area contributed by atoms with Crippen molar-refractivity contribution in [3.05, 3.63) is 64.7 Å². The van der Waals surface area contributed by atoms with Gasteiger partial charge in [0, 0.05) is 25.2 Å². The average Bonchev–Trinajstić information content (AvgIpc) is 3.45. The summed E-state index contributed by atoms with van der Waals surface area (Å²) in [5.41, 5.74) is 4.37. The van der Waals surface area contributed by atoms with Crippen molar-refractivity contribution in [1.82, 2.24) is 20.1 Å². The molecule has 0 spiro atoms. The van der Waals surface area contributed by atoms with Crippen molar-refractivity contribution in [1.29, 1.82) is 0 Å². The monoisotopic (exact) mass is 461 g/mol. The van der Waals surface area contributed by atoms with Crippen molar-refractivity contribution in [3.8, 4) is 10.6 Å². The minimum Gasteiger partial charge on any atom is -0.348 e. The molecule has 3 heterocycles. The van der Waals surface area contributed by atoms with Gasteiger partial charge in [-0.3, -0.25) is 14.3 Å². The molecule has 2 N–H and O–H groups in total. The number of hydrogen-bond donors (Lipinski definition) is 2. The lowest BCUT2D eigenvalue weighted by atomic mass is 10.1. The summed E-state index contributed by atoms with van der Waals surface area (Å²) >= 11 is 1.58. The van der Waals surface area contributed by atoms with Crippen molar-refractivity contribution in [2.24, 2.45) is 13.0 Å².